The van der Waals surface area contributed by atoms with Crippen LogP contribution in [0.15, 0.2) is 24.8 Å². The molecule has 0 aliphatic heterocycles. The molecule has 0 saturated carbocycles. The summed E-state index contributed by atoms with van der Waals surface area (Å²) in [6.45, 7) is 8.67. The molecule has 0 fully saturated rings. The minimum absolute atomic E-state index is 1.08. The van der Waals surface area contributed by atoms with Crippen LogP contribution in [0.25, 0.3) is 0 Å². The first-order valence-electron chi connectivity index (χ1n) is 2.15. The molecule has 42 valence electrons. The highest BCUT2D eigenvalue weighted by Crippen LogP contribution is 1.66. The summed E-state index contributed by atoms with van der Waals surface area (Å²) in [7, 11) is 0. The van der Waals surface area contributed by atoms with E-state index in [1.165, 1.54) is 5.54 Å². The van der Waals surface area contributed by atoms with Crippen molar-refractivity contribution in [2.75, 3.05) is 0 Å². The third-order valence-electron chi connectivity index (χ3n) is 0.289. The second-order valence-corrected chi connectivity index (χ2v) is 1.16. The number of allylic oxidation sites excluding steroid dienone is 1. The summed E-state index contributed by atoms with van der Waals surface area (Å²) in [4.78, 5) is 0. The van der Waals surface area contributed by atoms with Gasteiger partial charge in [-0.25, -0.2) is 0 Å². The lowest BCUT2D eigenvalue weighted by Crippen LogP contribution is -1.36. The molecule has 0 aromatic rings. The molecule has 0 aliphatic carbocycles. The Hall–Kier alpha value is -0.230. The lowest BCUT2D eigenvalue weighted by Gasteiger charge is -1.57. The van der Waals surface area contributed by atoms with Crippen LogP contribution < -0.4 is 0 Å². The van der Waals surface area contributed by atoms with Gasteiger partial charge in [-0.15, -0.1) is 6.58 Å². The zero-order valence-corrected chi connectivity index (χ0v) is 5.41. The summed E-state index contributed by atoms with van der Waals surface area (Å²) in [5.74, 6) is 0. The van der Waals surface area contributed by atoms with Crippen molar-refractivity contribution in [2.45, 2.75) is 13.3 Å². The predicted molar refractivity (Wildman–Crippen MR) is 36.5 cm³/mol. The van der Waals surface area contributed by atoms with Gasteiger partial charge < -0.3 is 0 Å². The van der Waals surface area contributed by atoms with E-state index in [2.05, 4.69) is 20.1 Å². The second kappa shape index (κ2) is 17.1. The monoisotopic (exact) mass is 118 g/mol. The van der Waals surface area contributed by atoms with E-state index in [9.17, 15) is 0 Å². The summed E-state index contributed by atoms with van der Waals surface area (Å²) < 4.78 is 0. The highest BCUT2D eigenvalue weighted by Gasteiger charge is 1.45. The second-order valence-electron chi connectivity index (χ2n) is 0.851. The normalized spacial score (nSPS) is 5.43. The fourth-order valence-corrected chi connectivity index (χ4v) is 0. The van der Waals surface area contributed by atoms with Gasteiger partial charge in [-0.1, -0.05) is 31.2 Å². The van der Waals surface area contributed by atoms with Gasteiger partial charge in [0.25, 0.3) is 0 Å². The molecule has 0 heterocycles. The van der Waals surface area contributed by atoms with Crippen LogP contribution in [0.2, 0.25) is 0 Å². The Morgan fingerprint density at radius 2 is 1.71 bits per heavy atom. The average molecular weight is 119 g/mol. The van der Waals surface area contributed by atoms with Crippen molar-refractivity contribution in [1.29, 1.82) is 0 Å². The minimum Gasteiger partial charge on any atom is -0.103 e. The molecular weight excluding hydrogens is 108 g/mol. The van der Waals surface area contributed by atoms with Gasteiger partial charge in [0.15, 0.2) is 0 Å². The first kappa shape index (κ1) is 9.91. The Balaban J connectivity index is 0. The van der Waals surface area contributed by atoms with Crippen LogP contribution in [-0.2, 0) is 0 Å². The van der Waals surface area contributed by atoms with Gasteiger partial charge in [0.05, 0.1) is 0 Å². The van der Waals surface area contributed by atoms with Gasteiger partial charge in [0.1, 0.15) is 0 Å². The molecule has 0 amide bonds. The van der Waals surface area contributed by atoms with Crippen molar-refractivity contribution in [3.8, 4) is 0 Å². The summed E-state index contributed by atoms with van der Waals surface area (Å²) in [5.41, 5.74) is 1.22. The highest BCUT2D eigenvalue weighted by atomic mass is 35.5. The van der Waals surface area contributed by atoms with Crippen LogP contribution in [0.5, 0.6) is 0 Å². The SMILES string of the molecule is C=CCC.C=CCl. The van der Waals surface area contributed by atoms with Crippen molar-refractivity contribution in [2.24, 2.45) is 0 Å². The Labute approximate surface area is 50.5 Å². The standard InChI is InChI=1S/C4H8.C2H3Cl/c1-3-4-2;1-2-3/h3H,1,4H2,2H3;2H,1H2. The largest absolute Gasteiger partial charge is 0.103 e. The van der Waals surface area contributed by atoms with Crippen molar-refractivity contribution < 1.29 is 0 Å². The van der Waals surface area contributed by atoms with Crippen molar-refractivity contribution in [3.05, 3.63) is 24.8 Å². The first-order chi connectivity index (χ1) is 3.33. The topological polar surface area (TPSA) is 0 Å². The Kier molecular flexibility index (Phi) is 24.2. The minimum atomic E-state index is 1.08. The van der Waals surface area contributed by atoms with Crippen molar-refractivity contribution in [1.82, 2.24) is 0 Å². The van der Waals surface area contributed by atoms with Crippen molar-refractivity contribution in [3.63, 3.8) is 0 Å². The molecule has 0 spiro atoms. The Bertz CT molecular complexity index is 39.4. The molecule has 0 aromatic heterocycles. The fourth-order valence-electron chi connectivity index (χ4n) is 0. The van der Waals surface area contributed by atoms with Gasteiger partial charge in [-0.05, 0) is 12.0 Å². The molecule has 0 unspecified atom stereocenters. The lowest BCUT2D eigenvalue weighted by atomic mass is 10.5. The summed E-state index contributed by atoms with van der Waals surface area (Å²) >= 11 is 4.76. The summed E-state index contributed by atoms with van der Waals surface area (Å²) in [6.07, 6.45) is 2.96. The Morgan fingerprint density at radius 1 is 1.57 bits per heavy atom. The van der Waals surface area contributed by atoms with Gasteiger partial charge in [-0.2, -0.15) is 0 Å². The average Bonchev–Trinajstić information content (AvgIpc) is 1.69. The number of hydrogen-bond acceptors (Lipinski definition) is 0. The maximum Gasteiger partial charge on any atom is -0.00296 e. The maximum atomic E-state index is 4.76. The predicted octanol–water partition coefficient (Wildman–Crippen LogP) is 2.95. The van der Waals surface area contributed by atoms with E-state index in [0.29, 0.717) is 0 Å². The Morgan fingerprint density at radius 3 is 1.71 bits per heavy atom. The quantitative estimate of drug-likeness (QED) is 0.465. The van der Waals surface area contributed by atoms with Gasteiger partial charge in [0.2, 0.25) is 0 Å². The molecule has 0 radical (unpaired) electrons. The molecule has 0 rings (SSSR count). The molecule has 1 heteroatoms. The van der Waals surface area contributed by atoms with E-state index >= 15 is 0 Å². The van der Waals surface area contributed by atoms with E-state index in [1.807, 2.05) is 6.08 Å². The smallest absolute Gasteiger partial charge is 0.00296 e. The number of hydrogen-bond donors (Lipinski definition) is 0. The first-order valence-corrected chi connectivity index (χ1v) is 2.59. The van der Waals surface area contributed by atoms with Crippen molar-refractivity contribution >= 4 is 11.6 Å². The van der Waals surface area contributed by atoms with Crippen LogP contribution in [-0.4, -0.2) is 0 Å². The molecule has 0 aromatic carbocycles. The van der Waals surface area contributed by atoms with Gasteiger partial charge in [0, 0.05) is 0 Å². The van der Waals surface area contributed by atoms with Crippen LogP contribution in [0.1, 0.15) is 13.3 Å². The van der Waals surface area contributed by atoms with Gasteiger partial charge in [-0.3, -0.25) is 0 Å². The lowest BCUT2D eigenvalue weighted by molar-refractivity contribution is 1.23. The van der Waals surface area contributed by atoms with E-state index < -0.39 is 0 Å². The molecule has 0 saturated heterocycles. The molecule has 0 bridgehead atoms. The molecule has 7 heavy (non-hydrogen) atoms. The van der Waals surface area contributed by atoms with Gasteiger partial charge >= 0.3 is 0 Å². The van der Waals surface area contributed by atoms with E-state index in [1.54, 1.807) is 0 Å². The van der Waals surface area contributed by atoms with Crippen LogP contribution >= 0.6 is 11.6 Å². The molecule has 0 N–H and O–H groups in total. The maximum absolute atomic E-state index is 4.76. The molecular formula is C6H11Cl. The highest BCUT2D eigenvalue weighted by molar-refractivity contribution is 6.25. The number of rotatable bonds is 1. The van der Waals surface area contributed by atoms with E-state index in [4.69, 9.17) is 11.6 Å². The molecule has 0 nitrogen and oxygen atoms in total. The zero-order chi connectivity index (χ0) is 6.12. The number of halogens is 1. The molecule has 0 aliphatic rings. The van der Waals surface area contributed by atoms with Crippen LogP contribution in [0.4, 0.5) is 0 Å². The van der Waals surface area contributed by atoms with E-state index in [-0.39, 0.29) is 0 Å². The summed E-state index contributed by atoms with van der Waals surface area (Å²) in [6, 6.07) is 0. The zero-order valence-electron chi connectivity index (χ0n) is 4.65. The summed E-state index contributed by atoms with van der Waals surface area (Å²) in [5, 5.41) is 0. The molecule has 0 atom stereocenters. The van der Waals surface area contributed by atoms with Crippen LogP contribution in [0.3, 0.4) is 0 Å². The fraction of sp³-hybridized carbons (Fsp3) is 0.333. The van der Waals surface area contributed by atoms with E-state index in [0.717, 1.165) is 6.42 Å². The van der Waals surface area contributed by atoms with Crippen LogP contribution in [0, 0.1) is 0 Å². The third kappa shape index (κ3) is 138. The third-order valence-corrected chi connectivity index (χ3v) is 0.289.